The standard InChI is InChI=1S/C12H16BrNO2S/c1-9-8-12(2,6-7-17(9,15)16)10-4-3-5-11(13)14-10/h3-5,9H,6-8H2,1-2H3. The van der Waals surface area contributed by atoms with Gasteiger partial charge in [0.15, 0.2) is 9.84 Å². The topological polar surface area (TPSA) is 47.0 Å². The summed E-state index contributed by atoms with van der Waals surface area (Å²) in [7, 11) is -2.89. The Hall–Kier alpha value is -0.420. The molecule has 17 heavy (non-hydrogen) atoms. The molecule has 0 radical (unpaired) electrons. The number of hydrogen-bond acceptors (Lipinski definition) is 3. The van der Waals surface area contributed by atoms with E-state index in [0.717, 1.165) is 10.3 Å². The van der Waals surface area contributed by atoms with Crippen molar-refractivity contribution in [3.05, 3.63) is 28.5 Å². The number of aromatic nitrogens is 1. The summed E-state index contributed by atoms with van der Waals surface area (Å²) < 4.78 is 24.3. The Morgan fingerprint density at radius 2 is 2.18 bits per heavy atom. The second kappa shape index (κ2) is 4.35. The molecule has 2 rings (SSSR count). The third-order valence-corrected chi connectivity index (χ3v) is 6.23. The van der Waals surface area contributed by atoms with E-state index in [1.165, 1.54) is 0 Å². The highest BCUT2D eigenvalue weighted by atomic mass is 79.9. The molecule has 0 spiro atoms. The molecule has 1 aliphatic heterocycles. The van der Waals surface area contributed by atoms with E-state index in [4.69, 9.17) is 0 Å². The number of hydrogen-bond donors (Lipinski definition) is 0. The summed E-state index contributed by atoms with van der Waals surface area (Å²) in [5, 5.41) is -0.276. The van der Waals surface area contributed by atoms with Gasteiger partial charge in [0.2, 0.25) is 0 Å². The van der Waals surface area contributed by atoms with E-state index in [1.54, 1.807) is 6.92 Å². The number of sulfone groups is 1. The first-order valence-corrected chi connectivity index (χ1v) is 8.19. The summed E-state index contributed by atoms with van der Waals surface area (Å²) in [5.41, 5.74) is 0.850. The minimum atomic E-state index is -2.89. The number of rotatable bonds is 1. The van der Waals surface area contributed by atoms with Crippen molar-refractivity contribution in [3.8, 4) is 0 Å². The molecule has 0 aromatic carbocycles. The van der Waals surface area contributed by atoms with Crippen molar-refractivity contribution in [1.82, 2.24) is 4.98 Å². The first-order valence-electron chi connectivity index (χ1n) is 5.68. The first-order chi connectivity index (χ1) is 7.83. The van der Waals surface area contributed by atoms with Gasteiger partial charge in [0, 0.05) is 11.1 Å². The molecule has 0 saturated carbocycles. The average molecular weight is 318 g/mol. The summed E-state index contributed by atoms with van der Waals surface area (Å²) in [6.45, 7) is 3.90. The Balaban J connectivity index is 2.33. The van der Waals surface area contributed by atoms with Crippen LogP contribution in [0.25, 0.3) is 0 Å². The van der Waals surface area contributed by atoms with Crippen molar-refractivity contribution in [1.29, 1.82) is 0 Å². The fraction of sp³-hybridized carbons (Fsp3) is 0.583. The van der Waals surface area contributed by atoms with Crippen LogP contribution in [0.5, 0.6) is 0 Å². The molecule has 0 bridgehead atoms. The van der Waals surface area contributed by atoms with Crippen molar-refractivity contribution in [2.24, 2.45) is 0 Å². The minimum absolute atomic E-state index is 0.130. The summed E-state index contributed by atoms with van der Waals surface area (Å²) in [6, 6.07) is 5.82. The number of halogens is 1. The Morgan fingerprint density at radius 3 is 2.76 bits per heavy atom. The Labute approximate surface area is 111 Å². The highest BCUT2D eigenvalue weighted by Gasteiger charge is 2.40. The molecule has 1 aromatic heterocycles. The van der Waals surface area contributed by atoms with Crippen LogP contribution in [0.4, 0.5) is 0 Å². The SMILES string of the molecule is CC1CC(C)(c2cccc(Br)n2)CCS1(=O)=O. The highest BCUT2D eigenvalue weighted by molar-refractivity contribution is 9.10. The van der Waals surface area contributed by atoms with Crippen LogP contribution < -0.4 is 0 Å². The molecule has 1 fully saturated rings. The summed E-state index contributed by atoms with van der Waals surface area (Å²) >= 11 is 3.36. The summed E-state index contributed by atoms with van der Waals surface area (Å²) in [4.78, 5) is 4.47. The maximum atomic E-state index is 11.7. The zero-order chi connectivity index (χ0) is 12.7. The van der Waals surface area contributed by atoms with Gasteiger partial charge < -0.3 is 0 Å². The molecular formula is C12H16BrNO2S. The van der Waals surface area contributed by atoms with Gasteiger partial charge in [-0.25, -0.2) is 13.4 Å². The zero-order valence-corrected chi connectivity index (χ0v) is 12.4. The maximum Gasteiger partial charge on any atom is 0.152 e. The monoisotopic (exact) mass is 317 g/mol. The quantitative estimate of drug-likeness (QED) is 0.748. The first kappa shape index (κ1) is 13.0. The zero-order valence-electron chi connectivity index (χ0n) is 9.98. The molecule has 2 atom stereocenters. The highest BCUT2D eigenvalue weighted by Crippen LogP contribution is 2.38. The Bertz CT molecular complexity index is 529. The van der Waals surface area contributed by atoms with Crippen molar-refractivity contribution in [2.45, 2.75) is 37.4 Å². The predicted molar refractivity (Wildman–Crippen MR) is 71.8 cm³/mol. The third kappa shape index (κ3) is 2.55. The van der Waals surface area contributed by atoms with Crippen molar-refractivity contribution in [2.75, 3.05) is 5.75 Å². The van der Waals surface area contributed by atoms with E-state index in [1.807, 2.05) is 18.2 Å². The fourth-order valence-corrected chi connectivity index (χ4v) is 4.51. The Morgan fingerprint density at radius 1 is 1.47 bits per heavy atom. The number of pyridine rings is 1. The molecule has 0 N–H and O–H groups in total. The van der Waals surface area contributed by atoms with E-state index in [0.29, 0.717) is 12.8 Å². The molecule has 2 heterocycles. The van der Waals surface area contributed by atoms with Gasteiger partial charge in [0.1, 0.15) is 4.60 Å². The van der Waals surface area contributed by atoms with E-state index < -0.39 is 9.84 Å². The summed E-state index contributed by atoms with van der Waals surface area (Å²) in [5.74, 6) is 0.263. The normalized spacial score (nSPS) is 32.3. The van der Waals surface area contributed by atoms with Crippen molar-refractivity contribution < 1.29 is 8.42 Å². The van der Waals surface area contributed by atoms with Gasteiger partial charge in [-0.1, -0.05) is 13.0 Å². The van der Waals surface area contributed by atoms with Gasteiger partial charge in [-0.15, -0.1) is 0 Å². The Kier molecular flexibility index (Phi) is 3.34. The van der Waals surface area contributed by atoms with Crippen LogP contribution in [0.1, 0.15) is 32.4 Å². The molecule has 94 valence electrons. The van der Waals surface area contributed by atoms with Gasteiger partial charge in [-0.2, -0.15) is 0 Å². The van der Waals surface area contributed by atoms with E-state index in [2.05, 4.69) is 27.8 Å². The molecule has 1 aliphatic rings. The molecule has 1 saturated heterocycles. The average Bonchev–Trinajstić information content (AvgIpc) is 2.25. The van der Waals surface area contributed by atoms with E-state index in [9.17, 15) is 8.42 Å². The maximum absolute atomic E-state index is 11.7. The third-order valence-electron chi connectivity index (χ3n) is 3.62. The lowest BCUT2D eigenvalue weighted by Gasteiger charge is -2.36. The smallest absolute Gasteiger partial charge is 0.152 e. The van der Waals surface area contributed by atoms with Crippen LogP contribution in [0.3, 0.4) is 0 Å². The molecule has 1 aromatic rings. The predicted octanol–water partition coefficient (Wildman–Crippen LogP) is 2.70. The van der Waals surface area contributed by atoms with Crippen LogP contribution in [-0.4, -0.2) is 24.4 Å². The van der Waals surface area contributed by atoms with Gasteiger partial charge in [-0.05, 0) is 47.8 Å². The van der Waals surface area contributed by atoms with Gasteiger partial charge >= 0.3 is 0 Å². The van der Waals surface area contributed by atoms with Crippen LogP contribution in [0.15, 0.2) is 22.8 Å². The summed E-state index contributed by atoms with van der Waals surface area (Å²) in [6.07, 6.45) is 1.31. The van der Waals surface area contributed by atoms with Crippen LogP contribution >= 0.6 is 15.9 Å². The molecule has 0 aliphatic carbocycles. The second-order valence-corrected chi connectivity index (χ2v) is 8.39. The molecule has 3 nitrogen and oxygen atoms in total. The lowest BCUT2D eigenvalue weighted by atomic mass is 9.79. The second-order valence-electron chi connectivity index (χ2n) is 5.04. The van der Waals surface area contributed by atoms with Crippen LogP contribution in [0.2, 0.25) is 0 Å². The number of nitrogens with zero attached hydrogens (tertiary/aromatic N) is 1. The molecular weight excluding hydrogens is 302 g/mol. The van der Waals surface area contributed by atoms with Crippen LogP contribution in [0, 0.1) is 0 Å². The fourth-order valence-electron chi connectivity index (χ4n) is 2.41. The van der Waals surface area contributed by atoms with E-state index >= 15 is 0 Å². The molecule has 2 unspecified atom stereocenters. The lowest BCUT2D eigenvalue weighted by molar-refractivity contribution is 0.380. The lowest BCUT2D eigenvalue weighted by Crippen LogP contribution is -2.40. The van der Waals surface area contributed by atoms with Crippen molar-refractivity contribution in [3.63, 3.8) is 0 Å². The molecule has 5 heteroatoms. The largest absolute Gasteiger partial charge is 0.245 e. The van der Waals surface area contributed by atoms with Gasteiger partial charge in [-0.3, -0.25) is 0 Å². The molecule has 0 amide bonds. The van der Waals surface area contributed by atoms with Gasteiger partial charge in [0.05, 0.1) is 11.0 Å². The van der Waals surface area contributed by atoms with Gasteiger partial charge in [0.25, 0.3) is 0 Å². The van der Waals surface area contributed by atoms with Crippen LogP contribution in [-0.2, 0) is 15.3 Å². The van der Waals surface area contributed by atoms with E-state index in [-0.39, 0.29) is 16.4 Å². The van der Waals surface area contributed by atoms with Crippen molar-refractivity contribution >= 4 is 25.8 Å². The minimum Gasteiger partial charge on any atom is -0.245 e.